The van der Waals surface area contributed by atoms with Crippen molar-refractivity contribution in [3.8, 4) is 5.75 Å². The summed E-state index contributed by atoms with van der Waals surface area (Å²) in [5.74, 6) is 1.92. The Hall–Kier alpha value is -1.95. The first-order valence-electron chi connectivity index (χ1n) is 9.28. The summed E-state index contributed by atoms with van der Waals surface area (Å²) < 4.78 is 10.7. The first kappa shape index (κ1) is 19.4. The third-order valence-corrected chi connectivity index (χ3v) is 4.25. The Morgan fingerprint density at radius 2 is 2.00 bits per heavy atom. The predicted octanol–water partition coefficient (Wildman–Crippen LogP) is 2.21. The van der Waals surface area contributed by atoms with Gasteiger partial charge >= 0.3 is 0 Å². The van der Waals surface area contributed by atoms with Crippen LogP contribution in [0.5, 0.6) is 5.75 Å². The lowest BCUT2D eigenvalue weighted by molar-refractivity contribution is 0.146. The van der Waals surface area contributed by atoms with Crippen LogP contribution in [0.2, 0.25) is 0 Å². The highest BCUT2D eigenvalue weighted by Gasteiger charge is 2.20. The molecule has 1 aliphatic rings. The van der Waals surface area contributed by atoms with E-state index in [4.69, 9.17) is 14.5 Å². The van der Waals surface area contributed by atoms with Crippen molar-refractivity contribution in [1.29, 1.82) is 0 Å². The Bertz CT molecular complexity index is 528. The van der Waals surface area contributed by atoms with Crippen molar-refractivity contribution in [2.45, 2.75) is 20.3 Å². The second-order valence-corrected chi connectivity index (χ2v) is 5.96. The van der Waals surface area contributed by atoms with E-state index < -0.39 is 0 Å². The Kier molecular flexibility index (Phi) is 8.39. The number of rotatable bonds is 8. The summed E-state index contributed by atoms with van der Waals surface area (Å²) in [5.41, 5.74) is 1.22. The lowest BCUT2D eigenvalue weighted by atomic mass is 10.2. The molecule has 1 heterocycles. The fourth-order valence-electron chi connectivity index (χ4n) is 2.91. The maximum atomic E-state index is 5.38. The third-order valence-electron chi connectivity index (χ3n) is 4.25. The molecule has 140 valence electrons. The van der Waals surface area contributed by atoms with Crippen LogP contribution in [0.15, 0.2) is 29.3 Å². The van der Waals surface area contributed by atoms with Gasteiger partial charge in [-0.25, -0.2) is 0 Å². The summed E-state index contributed by atoms with van der Waals surface area (Å²) >= 11 is 0. The SMILES string of the molecule is CCNC(=NCCCOCC)N1CCN(c2cccc(OC)c2)CC1. The van der Waals surface area contributed by atoms with E-state index in [-0.39, 0.29) is 0 Å². The zero-order valence-corrected chi connectivity index (χ0v) is 15.8. The molecular formula is C19H32N4O2. The van der Waals surface area contributed by atoms with Gasteiger partial charge in [0, 0.05) is 64.2 Å². The molecule has 1 N–H and O–H groups in total. The van der Waals surface area contributed by atoms with Crippen LogP contribution in [0.1, 0.15) is 20.3 Å². The molecule has 6 nitrogen and oxygen atoms in total. The number of nitrogens with zero attached hydrogens (tertiary/aromatic N) is 3. The molecule has 1 fully saturated rings. The van der Waals surface area contributed by atoms with Gasteiger partial charge in [0.25, 0.3) is 0 Å². The summed E-state index contributed by atoms with van der Waals surface area (Å²) in [5, 5.41) is 3.41. The van der Waals surface area contributed by atoms with Gasteiger partial charge < -0.3 is 24.6 Å². The minimum Gasteiger partial charge on any atom is -0.497 e. The standard InChI is InChI=1S/C19H32N4O2/c1-4-20-19(21-10-7-15-25-5-2)23-13-11-22(12-14-23)17-8-6-9-18(16-17)24-3/h6,8-9,16H,4-5,7,10-15H2,1-3H3,(H,20,21). The number of guanidine groups is 1. The molecule has 25 heavy (non-hydrogen) atoms. The summed E-state index contributed by atoms with van der Waals surface area (Å²) in [6.07, 6.45) is 0.965. The molecule has 0 saturated carbocycles. The van der Waals surface area contributed by atoms with Crippen molar-refractivity contribution in [2.24, 2.45) is 4.99 Å². The van der Waals surface area contributed by atoms with Crippen LogP contribution in [-0.4, -0.2) is 70.5 Å². The molecule has 1 aromatic carbocycles. The number of hydrogen-bond acceptors (Lipinski definition) is 4. The quantitative estimate of drug-likeness (QED) is 0.443. The molecule has 0 amide bonds. The van der Waals surface area contributed by atoms with Gasteiger partial charge in [0.1, 0.15) is 5.75 Å². The molecule has 0 atom stereocenters. The topological polar surface area (TPSA) is 49.3 Å². The smallest absolute Gasteiger partial charge is 0.194 e. The third kappa shape index (κ3) is 6.12. The number of ether oxygens (including phenoxy) is 2. The number of hydrogen-bond donors (Lipinski definition) is 1. The molecule has 1 aliphatic heterocycles. The van der Waals surface area contributed by atoms with Crippen LogP contribution in [-0.2, 0) is 4.74 Å². The van der Waals surface area contributed by atoms with Gasteiger partial charge in [-0.1, -0.05) is 6.07 Å². The second kappa shape index (κ2) is 10.8. The highest BCUT2D eigenvalue weighted by Crippen LogP contribution is 2.22. The van der Waals surface area contributed by atoms with Crippen LogP contribution in [0, 0.1) is 0 Å². The van der Waals surface area contributed by atoms with Crippen molar-refractivity contribution in [3.63, 3.8) is 0 Å². The highest BCUT2D eigenvalue weighted by atomic mass is 16.5. The number of methoxy groups -OCH3 is 1. The summed E-state index contributed by atoms with van der Waals surface area (Å²) in [7, 11) is 1.71. The fraction of sp³-hybridized carbons (Fsp3) is 0.632. The number of anilines is 1. The number of aliphatic imine (C=N–C) groups is 1. The second-order valence-electron chi connectivity index (χ2n) is 5.96. The summed E-state index contributed by atoms with van der Waals surface area (Å²) in [6.45, 7) is 11.3. The van der Waals surface area contributed by atoms with Crippen LogP contribution in [0.25, 0.3) is 0 Å². The van der Waals surface area contributed by atoms with Gasteiger partial charge in [-0.15, -0.1) is 0 Å². The monoisotopic (exact) mass is 348 g/mol. The van der Waals surface area contributed by atoms with Crippen molar-refractivity contribution < 1.29 is 9.47 Å². The normalized spacial score (nSPS) is 15.4. The zero-order chi connectivity index (χ0) is 17.9. The Labute approximate surface area is 151 Å². The van der Waals surface area contributed by atoms with E-state index in [2.05, 4.69) is 34.2 Å². The molecule has 0 radical (unpaired) electrons. The zero-order valence-electron chi connectivity index (χ0n) is 15.8. The first-order valence-corrected chi connectivity index (χ1v) is 9.28. The van der Waals surface area contributed by atoms with Crippen molar-refractivity contribution >= 4 is 11.6 Å². The van der Waals surface area contributed by atoms with Gasteiger partial charge in [-0.2, -0.15) is 0 Å². The molecule has 0 unspecified atom stereocenters. The van der Waals surface area contributed by atoms with E-state index in [0.717, 1.165) is 70.6 Å². The maximum absolute atomic E-state index is 5.38. The van der Waals surface area contributed by atoms with Crippen molar-refractivity contribution in [2.75, 3.05) is 64.5 Å². The minimum absolute atomic E-state index is 0.774. The van der Waals surface area contributed by atoms with Gasteiger partial charge in [-0.05, 0) is 32.4 Å². The van der Waals surface area contributed by atoms with E-state index in [1.807, 2.05) is 19.1 Å². The van der Waals surface area contributed by atoms with E-state index in [1.165, 1.54) is 5.69 Å². The summed E-state index contributed by atoms with van der Waals surface area (Å²) in [6, 6.07) is 8.27. The Balaban J connectivity index is 1.87. The van der Waals surface area contributed by atoms with E-state index in [1.54, 1.807) is 7.11 Å². The van der Waals surface area contributed by atoms with Crippen LogP contribution in [0.3, 0.4) is 0 Å². The van der Waals surface area contributed by atoms with Crippen LogP contribution >= 0.6 is 0 Å². The Morgan fingerprint density at radius 1 is 1.20 bits per heavy atom. The maximum Gasteiger partial charge on any atom is 0.194 e. The van der Waals surface area contributed by atoms with Gasteiger partial charge in [0.2, 0.25) is 0 Å². The molecule has 0 bridgehead atoms. The van der Waals surface area contributed by atoms with Crippen LogP contribution in [0.4, 0.5) is 5.69 Å². The van der Waals surface area contributed by atoms with E-state index in [9.17, 15) is 0 Å². The highest BCUT2D eigenvalue weighted by molar-refractivity contribution is 5.80. The van der Waals surface area contributed by atoms with Gasteiger partial charge in [0.05, 0.1) is 7.11 Å². The lowest BCUT2D eigenvalue weighted by Crippen LogP contribution is -2.52. The van der Waals surface area contributed by atoms with E-state index >= 15 is 0 Å². The molecule has 2 rings (SSSR count). The predicted molar refractivity (Wildman–Crippen MR) is 104 cm³/mol. The molecule has 0 spiro atoms. The molecule has 0 aliphatic carbocycles. The fourth-order valence-corrected chi connectivity index (χ4v) is 2.91. The number of nitrogens with one attached hydrogen (secondary N) is 1. The molecular weight excluding hydrogens is 316 g/mol. The van der Waals surface area contributed by atoms with Gasteiger partial charge in [0.15, 0.2) is 5.96 Å². The van der Waals surface area contributed by atoms with E-state index in [0.29, 0.717) is 0 Å². The lowest BCUT2D eigenvalue weighted by Gasteiger charge is -2.37. The van der Waals surface area contributed by atoms with Gasteiger partial charge in [-0.3, -0.25) is 4.99 Å². The average molecular weight is 348 g/mol. The summed E-state index contributed by atoms with van der Waals surface area (Å²) in [4.78, 5) is 9.50. The molecule has 1 saturated heterocycles. The molecule has 0 aromatic heterocycles. The molecule has 1 aromatic rings. The largest absolute Gasteiger partial charge is 0.497 e. The minimum atomic E-state index is 0.774. The van der Waals surface area contributed by atoms with Crippen molar-refractivity contribution in [1.82, 2.24) is 10.2 Å². The first-order chi connectivity index (χ1) is 12.3. The number of piperazine rings is 1. The van der Waals surface area contributed by atoms with Crippen LogP contribution < -0.4 is 15.0 Å². The average Bonchev–Trinajstić information content (AvgIpc) is 2.67. The number of benzene rings is 1. The van der Waals surface area contributed by atoms with Crippen molar-refractivity contribution in [3.05, 3.63) is 24.3 Å². The molecule has 6 heteroatoms. The Morgan fingerprint density at radius 3 is 2.68 bits per heavy atom.